The van der Waals surface area contributed by atoms with E-state index in [1.165, 1.54) is 6.42 Å². The molecule has 13 heavy (non-hydrogen) atoms. The van der Waals surface area contributed by atoms with Crippen molar-refractivity contribution < 1.29 is 4.74 Å². The van der Waals surface area contributed by atoms with E-state index < -0.39 is 0 Å². The summed E-state index contributed by atoms with van der Waals surface area (Å²) in [7, 11) is 1.97. The zero-order chi connectivity index (χ0) is 9.36. The molecule has 0 spiro atoms. The molecule has 0 unspecified atom stereocenters. The number of rotatable bonds is 6. The van der Waals surface area contributed by atoms with Gasteiger partial charge in [-0.15, -0.1) is 0 Å². The number of hydrogen-bond acceptors (Lipinski definition) is 2. The number of unbranched alkanes of at least 4 members (excludes halogenated alkanes) is 1. The highest BCUT2D eigenvalue weighted by Gasteiger charge is 1.90. The number of nitrogens with one attached hydrogen (secondary N) is 1. The Morgan fingerprint density at radius 1 is 1.15 bits per heavy atom. The normalized spacial score (nSPS) is 9.92. The second kappa shape index (κ2) is 6.49. The van der Waals surface area contributed by atoms with E-state index >= 15 is 0 Å². The topological polar surface area (TPSA) is 21.3 Å². The molecule has 2 heteroatoms. The van der Waals surface area contributed by atoms with Crippen molar-refractivity contribution in [1.29, 1.82) is 0 Å². The number of ether oxygens (including phenoxy) is 1. The fraction of sp³-hybridized carbons (Fsp3) is 0.455. The second-order valence-corrected chi connectivity index (χ2v) is 2.97. The van der Waals surface area contributed by atoms with Crippen molar-refractivity contribution in [3.05, 3.63) is 30.3 Å². The van der Waals surface area contributed by atoms with E-state index in [0.29, 0.717) is 0 Å². The molecule has 0 radical (unpaired) electrons. The van der Waals surface area contributed by atoms with Gasteiger partial charge in [0, 0.05) is 0 Å². The second-order valence-electron chi connectivity index (χ2n) is 2.97. The lowest BCUT2D eigenvalue weighted by molar-refractivity contribution is 0.306. The smallest absolute Gasteiger partial charge is 0.119 e. The molecule has 0 saturated carbocycles. The SMILES string of the molecule is CNCCCCOc1ccccc1. The van der Waals surface area contributed by atoms with E-state index in [0.717, 1.165) is 25.3 Å². The van der Waals surface area contributed by atoms with Crippen LogP contribution in [0.1, 0.15) is 12.8 Å². The number of benzene rings is 1. The van der Waals surface area contributed by atoms with E-state index in [-0.39, 0.29) is 0 Å². The Labute approximate surface area is 79.9 Å². The molecular formula is C11H17NO. The van der Waals surface area contributed by atoms with Crippen molar-refractivity contribution >= 4 is 0 Å². The molecule has 0 aliphatic carbocycles. The van der Waals surface area contributed by atoms with Gasteiger partial charge in [0.1, 0.15) is 5.75 Å². The molecule has 0 fully saturated rings. The molecule has 1 N–H and O–H groups in total. The first-order chi connectivity index (χ1) is 6.43. The Balaban J connectivity index is 2.07. The molecule has 0 saturated heterocycles. The lowest BCUT2D eigenvalue weighted by Crippen LogP contribution is -2.09. The summed E-state index contributed by atoms with van der Waals surface area (Å²) < 4.78 is 5.52. The fourth-order valence-electron chi connectivity index (χ4n) is 1.11. The van der Waals surface area contributed by atoms with E-state index in [1.807, 2.05) is 37.4 Å². The van der Waals surface area contributed by atoms with Crippen LogP contribution in [-0.4, -0.2) is 20.2 Å². The van der Waals surface area contributed by atoms with Crippen molar-refractivity contribution in [3.63, 3.8) is 0 Å². The molecular weight excluding hydrogens is 162 g/mol. The van der Waals surface area contributed by atoms with Crippen molar-refractivity contribution in [2.24, 2.45) is 0 Å². The molecule has 72 valence electrons. The Hall–Kier alpha value is -1.02. The largest absolute Gasteiger partial charge is 0.494 e. The van der Waals surface area contributed by atoms with Crippen LogP contribution in [0.15, 0.2) is 30.3 Å². The summed E-state index contributed by atoms with van der Waals surface area (Å²) >= 11 is 0. The molecule has 1 rings (SSSR count). The average Bonchev–Trinajstić information content (AvgIpc) is 2.19. The molecule has 1 aromatic rings. The van der Waals surface area contributed by atoms with Crippen LogP contribution in [0.3, 0.4) is 0 Å². The maximum absolute atomic E-state index is 5.52. The van der Waals surface area contributed by atoms with Gasteiger partial charge in [0.15, 0.2) is 0 Å². The highest BCUT2D eigenvalue weighted by molar-refractivity contribution is 5.20. The van der Waals surface area contributed by atoms with Gasteiger partial charge in [0.05, 0.1) is 6.61 Å². The first kappa shape index (κ1) is 10.1. The standard InChI is InChI=1S/C11H17NO/c1-12-9-5-6-10-13-11-7-3-2-4-8-11/h2-4,7-8,12H,5-6,9-10H2,1H3. The molecule has 1 aromatic carbocycles. The van der Waals surface area contributed by atoms with Gasteiger partial charge in [0.2, 0.25) is 0 Å². The predicted octanol–water partition coefficient (Wildman–Crippen LogP) is 2.06. The van der Waals surface area contributed by atoms with Crippen molar-refractivity contribution in [3.8, 4) is 5.75 Å². The highest BCUT2D eigenvalue weighted by Crippen LogP contribution is 2.08. The zero-order valence-corrected chi connectivity index (χ0v) is 8.12. The van der Waals surface area contributed by atoms with Crippen molar-refractivity contribution in [2.45, 2.75) is 12.8 Å². The van der Waals surface area contributed by atoms with Crippen molar-refractivity contribution in [1.82, 2.24) is 5.32 Å². The minimum Gasteiger partial charge on any atom is -0.494 e. The van der Waals surface area contributed by atoms with Gasteiger partial charge in [-0.2, -0.15) is 0 Å². The van der Waals surface area contributed by atoms with E-state index in [4.69, 9.17) is 4.74 Å². The van der Waals surface area contributed by atoms with Gasteiger partial charge in [-0.25, -0.2) is 0 Å². The first-order valence-electron chi connectivity index (χ1n) is 4.76. The Bertz CT molecular complexity index is 211. The summed E-state index contributed by atoms with van der Waals surface area (Å²) in [6, 6.07) is 9.94. The summed E-state index contributed by atoms with van der Waals surface area (Å²) in [5.74, 6) is 0.965. The van der Waals surface area contributed by atoms with Crippen LogP contribution in [0, 0.1) is 0 Å². The summed E-state index contributed by atoms with van der Waals surface area (Å²) in [5.41, 5.74) is 0. The van der Waals surface area contributed by atoms with Crippen LogP contribution in [0.25, 0.3) is 0 Å². The van der Waals surface area contributed by atoms with Gasteiger partial charge in [-0.05, 0) is 38.6 Å². The molecule has 0 aliphatic heterocycles. The molecule has 0 aliphatic rings. The summed E-state index contributed by atoms with van der Waals surface area (Å²) in [6.07, 6.45) is 2.28. The van der Waals surface area contributed by atoms with Crippen molar-refractivity contribution in [2.75, 3.05) is 20.2 Å². The molecule has 0 amide bonds. The summed E-state index contributed by atoms with van der Waals surface area (Å²) in [6.45, 7) is 1.88. The molecule has 0 atom stereocenters. The van der Waals surface area contributed by atoms with Crippen LogP contribution in [0.2, 0.25) is 0 Å². The van der Waals surface area contributed by atoms with Crippen LogP contribution >= 0.6 is 0 Å². The maximum atomic E-state index is 5.52. The molecule has 0 heterocycles. The average molecular weight is 179 g/mol. The monoisotopic (exact) mass is 179 g/mol. The van der Waals surface area contributed by atoms with Crippen LogP contribution in [0.4, 0.5) is 0 Å². The van der Waals surface area contributed by atoms with Gasteiger partial charge in [-0.3, -0.25) is 0 Å². The lowest BCUT2D eigenvalue weighted by atomic mass is 10.3. The molecule has 2 nitrogen and oxygen atoms in total. The Kier molecular flexibility index (Phi) is 5.02. The first-order valence-corrected chi connectivity index (χ1v) is 4.76. The van der Waals surface area contributed by atoms with E-state index in [1.54, 1.807) is 0 Å². The molecule has 0 aromatic heterocycles. The van der Waals surface area contributed by atoms with Crippen LogP contribution in [0.5, 0.6) is 5.75 Å². The Morgan fingerprint density at radius 2 is 1.92 bits per heavy atom. The minimum absolute atomic E-state index is 0.811. The predicted molar refractivity (Wildman–Crippen MR) is 55.1 cm³/mol. The summed E-state index contributed by atoms with van der Waals surface area (Å²) in [5, 5.41) is 3.11. The van der Waals surface area contributed by atoms with E-state index in [9.17, 15) is 0 Å². The van der Waals surface area contributed by atoms with Crippen LogP contribution < -0.4 is 10.1 Å². The van der Waals surface area contributed by atoms with Gasteiger partial charge in [-0.1, -0.05) is 18.2 Å². The lowest BCUT2D eigenvalue weighted by Gasteiger charge is -2.04. The molecule has 0 bridgehead atoms. The van der Waals surface area contributed by atoms with Gasteiger partial charge in [0.25, 0.3) is 0 Å². The number of para-hydroxylation sites is 1. The van der Waals surface area contributed by atoms with Crippen LogP contribution in [-0.2, 0) is 0 Å². The third-order valence-electron chi connectivity index (χ3n) is 1.83. The number of hydrogen-bond donors (Lipinski definition) is 1. The Morgan fingerprint density at radius 3 is 2.62 bits per heavy atom. The summed E-state index contributed by atoms with van der Waals surface area (Å²) in [4.78, 5) is 0. The van der Waals surface area contributed by atoms with Gasteiger partial charge < -0.3 is 10.1 Å². The third-order valence-corrected chi connectivity index (χ3v) is 1.83. The zero-order valence-electron chi connectivity index (χ0n) is 8.12. The van der Waals surface area contributed by atoms with E-state index in [2.05, 4.69) is 5.32 Å². The quantitative estimate of drug-likeness (QED) is 0.675. The van der Waals surface area contributed by atoms with Gasteiger partial charge >= 0.3 is 0 Å². The maximum Gasteiger partial charge on any atom is 0.119 e. The third kappa shape index (κ3) is 4.53. The fourth-order valence-corrected chi connectivity index (χ4v) is 1.11. The highest BCUT2D eigenvalue weighted by atomic mass is 16.5. The minimum atomic E-state index is 0.811.